The van der Waals surface area contributed by atoms with Crippen LogP contribution in [-0.2, 0) is 9.59 Å². The van der Waals surface area contributed by atoms with Crippen LogP contribution in [0.25, 0.3) is 0 Å². The second kappa shape index (κ2) is 8.18. The quantitative estimate of drug-likeness (QED) is 0.775. The number of carbonyl (C=O) groups is 2. The molecule has 19 heavy (non-hydrogen) atoms. The fourth-order valence-electron chi connectivity index (χ4n) is 2.46. The molecule has 0 atom stereocenters. The lowest BCUT2D eigenvalue weighted by molar-refractivity contribution is -0.130. The normalized spacial score (nSPS) is 23.2. The zero-order valence-electron chi connectivity index (χ0n) is 12.5. The van der Waals surface area contributed by atoms with Gasteiger partial charge < -0.3 is 10.6 Å². The summed E-state index contributed by atoms with van der Waals surface area (Å²) in [5.74, 6) is 1.04. The van der Waals surface area contributed by atoms with Gasteiger partial charge in [-0.25, -0.2) is 0 Å². The van der Waals surface area contributed by atoms with Crippen molar-refractivity contribution < 1.29 is 9.59 Å². The lowest BCUT2D eigenvalue weighted by atomic mass is 9.81. The van der Waals surface area contributed by atoms with Crippen molar-refractivity contribution in [3.8, 4) is 0 Å². The predicted octanol–water partition coefficient (Wildman–Crippen LogP) is 2.09. The Morgan fingerprint density at radius 3 is 1.89 bits per heavy atom. The largest absolute Gasteiger partial charge is 0.356 e. The fraction of sp³-hybridized carbons (Fsp3) is 0.867. The molecule has 0 aliphatic heterocycles. The highest BCUT2D eigenvalue weighted by Gasteiger charge is 2.29. The molecule has 4 heteroatoms. The average Bonchev–Trinajstić information content (AvgIpc) is 2.42. The van der Waals surface area contributed by atoms with Gasteiger partial charge in [-0.2, -0.15) is 0 Å². The monoisotopic (exact) mass is 268 g/mol. The van der Waals surface area contributed by atoms with E-state index in [0.29, 0.717) is 5.92 Å². The van der Waals surface area contributed by atoms with E-state index < -0.39 is 0 Å². The molecule has 1 fully saturated rings. The number of hydrogen-bond donors (Lipinski definition) is 2. The van der Waals surface area contributed by atoms with Crippen molar-refractivity contribution in [3.05, 3.63) is 0 Å². The molecule has 0 aromatic heterocycles. The van der Waals surface area contributed by atoms with Gasteiger partial charge in [0.1, 0.15) is 0 Å². The van der Waals surface area contributed by atoms with Gasteiger partial charge in [0.25, 0.3) is 0 Å². The van der Waals surface area contributed by atoms with Crippen LogP contribution in [0.4, 0.5) is 0 Å². The minimum Gasteiger partial charge on any atom is -0.356 e. The van der Waals surface area contributed by atoms with E-state index >= 15 is 0 Å². The molecular formula is C15H28N2O2. The predicted molar refractivity (Wildman–Crippen MR) is 76.6 cm³/mol. The van der Waals surface area contributed by atoms with Crippen molar-refractivity contribution in [2.45, 2.75) is 52.9 Å². The molecule has 0 aromatic rings. The third kappa shape index (κ3) is 5.62. The molecule has 1 rings (SSSR count). The van der Waals surface area contributed by atoms with Gasteiger partial charge in [0.2, 0.25) is 11.8 Å². The molecule has 2 amide bonds. The standard InChI is InChI=1S/C15H28N2O2/c1-4-9-16-14(18)12-5-7-13(8-6-12)15(19)17-10-11(2)3/h11-13H,4-10H2,1-3H3,(H,16,18)(H,17,19). The highest BCUT2D eigenvalue weighted by atomic mass is 16.2. The van der Waals surface area contributed by atoms with Gasteiger partial charge in [-0.15, -0.1) is 0 Å². The van der Waals surface area contributed by atoms with Gasteiger partial charge in [-0.1, -0.05) is 20.8 Å². The van der Waals surface area contributed by atoms with Crippen molar-refractivity contribution in [1.82, 2.24) is 10.6 Å². The van der Waals surface area contributed by atoms with E-state index in [-0.39, 0.29) is 23.7 Å². The third-order valence-corrected chi connectivity index (χ3v) is 3.70. The van der Waals surface area contributed by atoms with Crippen LogP contribution in [0.5, 0.6) is 0 Å². The van der Waals surface area contributed by atoms with Crippen LogP contribution < -0.4 is 10.6 Å². The number of rotatable bonds is 6. The van der Waals surface area contributed by atoms with Crippen LogP contribution in [0, 0.1) is 17.8 Å². The summed E-state index contributed by atoms with van der Waals surface area (Å²) in [6.07, 6.45) is 4.34. The maximum absolute atomic E-state index is 11.9. The van der Waals surface area contributed by atoms with Crippen molar-refractivity contribution >= 4 is 11.8 Å². The lowest BCUT2D eigenvalue weighted by Crippen LogP contribution is -2.38. The van der Waals surface area contributed by atoms with Crippen molar-refractivity contribution in [2.24, 2.45) is 17.8 Å². The number of hydrogen-bond acceptors (Lipinski definition) is 2. The molecule has 1 aliphatic carbocycles. The van der Waals surface area contributed by atoms with Crippen LogP contribution in [0.1, 0.15) is 52.9 Å². The first kappa shape index (κ1) is 16.0. The Labute approximate surface area is 116 Å². The summed E-state index contributed by atoms with van der Waals surface area (Å²) in [4.78, 5) is 23.8. The Kier molecular flexibility index (Phi) is 6.89. The lowest BCUT2D eigenvalue weighted by Gasteiger charge is -2.27. The molecule has 1 saturated carbocycles. The van der Waals surface area contributed by atoms with Gasteiger partial charge >= 0.3 is 0 Å². The fourth-order valence-corrected chi connectivity index (χ4v) is 2.46. The van der Waals surface area contributed by atoms with E-state index in [1.807, 2.05) is 0 Å². The van der Waals surface area contributed by atoms with E-state index in [1.54, 1.807) is 0 Å². The van der Waals surface area contributed by atoms with Crippen LogP contribution in [0.15, 0.2) is 0 Å². The molecule has 110 valence electrons. The van der Waals surface area contributed by atoms with E-state index in [9.17, 15) is 9.59 Å². The first-order chi connectivity index (χ1) is 9.04. The highest BCUT2D eigenvalue weighted by Crippen LogP contribution is 2.29. The summed E-state index contributed by atoms with van der Waals surface area (Å²) in [6.45, 7) is 7.74. The SMILES string of the molecule is CCCNC(=O)C1CCC(C(=O)NCC(C)C)CC1. The second-order valence-electron chi connectivity index (χ2n) is 5.98. The van der Waals surface area contributed by atoms with Crippen LogP contribution in [0.3, 0.4) is 0 Å². The minimum atomic E-state index is 0.106. The van der Waals surface area contributed by atoms with Gasteiger partial charge in [-0.05, 0) is 38.0 Å². The molecule has 0 bridgehead atoms. The molecule has 0 radical (unpaired) electrons. The second-order valence-corrected chi connectivity index (χ2v) is 5.98. The molecule has 2 N–H and O–H groups in total. The smallest absolute Gasteiger partial charge is 0.223 e. The summed E-state index contributed by atoms with van der Waals surface area (Å²) in [6, 6.07) is 0. The van der Waals surface area contributed by atoms with Gasteiger partial charge in [0.15, 0.2) is 0 Å². The molecule has 0 unspecified atom stereocenters. The molecule has 0 aromatic carbocycles. The van der Waals surface area contributed by atoms with Gasteiger partial charge in [0, 0.05) is 24.9 Å². The zero-order valence-corrected chi connectivity index (χ0v) is 12.5. The molecular weight excluding hydrogens is 240 g/mol. The molecule has 0 saturated heterocycles. The van der Waals surface area contributed by atoms with Gasteiger partial charge in [-0.3, -0.25) is 9.59 Å². The van der Waals surface area contributed by atoms with Crippen LogP contribution >= 0.6 is 0 Å². The summed E-state index contributed by atoms with van der Waals surface area (Å²) in [5.41, 5.74) is 0. The Bertz CT molecular complexity index is 295. The Morgan fingerprint density at radius 2 is 1.47 bits per heavy atom. The van der Waals surface area contributed by atoms with Gasteiger partial charge in [0.05, 0.1) is 0 Å². The summed E-state index contributed by atoms with van der Waals surface area (Å²) < 4.78 is 0. The molecule has 1 aliphatic rings. The zero-order chi connectivity index (χ0) is 14.3. The summed E-state index contributed by atoms with van der Waals surface area (Å²) in [5, 5.41) is 5.94. The van der Waals surface area contributed by atoms with Crippen molar-refractivity contribution in [1.29, 1.82) is 0 Å². The maximum Gasteiger partial charge on any atom is 0.223 e. The third-order valence-electron chi connectivity index (χ3n) is 3.70. The first-order valence-electron chi connectivity index (χ1n) is 7.60. The first-order valence-corrected chi connectivity index (χ1v) is 7.60. The summed E-state index contributed by atoms with van der Waals surface area (Å²) >= 11 is 0. The van der Waals surface area contributed by atoms with Crippen molar-refractivity contribution in [3.63, 3.8) is 0 Å². The van der Waals surface area contributed by atoms with Crippen LogP contribution in [-0.4, -0.2) is 24.9 Å². The topological polar surface area (TPSA) is 58.2 Å². The number of amides is 2. The van der Waals surface area contributed by atoms with Crippen LogP contribution in [0.2, 0.25) is 0 Å². The Hall–Kier alpha value is -1.06. The van der Waals surface area contributed by atoms with E-state index in [1.165, 1.54) is 0 Å². The minimum absolute atomic E-state index is 0.106. The molecule has 4 nitrogen and oxygen atoms in total. The number of nitrogens with one attached hydrogen (secondary N) is 2. The molecule has 0 heterocycles. The number of carbonyl (C=O) groups excluding carboxylic acids is 2. The Morgan fingerprint density at radius 1 is 1.00 bits per heavy atom. The van der Waals surface area contributed by atoms with Crippen molar-refractivity contribution in [2.75, 3.05) is 13.1 Å². The summed E-state index contributed by atoms with van der Waals surface area (Å²) in [7, 11) is 0. The average molecular weight is 268 g/mol. The maximum atomic E-state index is 11.9. The molecule has 0 spiro atoms. The van der Waals surface area contributed by atoms with E-state index in [4.69, 9.17) is 0 Å². The van der Waals surface area contributed by atoms with E-state index in [0.717, 1.165) is 45.2 Å². The van der Waals surface area contributed by atoms with E-state index in [2.05, 4.69) is 31.4 Å². The Balaban J connectivity index is 2.28. The highest BCUT2D eigenvalue weighted by molar-refractivity contribution is 5.81.